The van der Waals surface area contributed by atoms with Gasteiger partial charge >= 0.3 is 5.97 Å². The Morgan fingerprint density at radius 3 is 2.68 bits per heavy atom. The fourth-order valence-electron chi connectivity index (χ4n) is 4.71. The molecule has 5 rings (SSSR count). The number of hydrogen-bond acceptors (Lipinski definition) is 6. The molecule has 0 bridgehead atoms. The van der Waals surface area contributed by atoms with Crippen molar-refractivity contribution in [3.05, 3.63) is 79.7 Å². The number of carbonyl (C=O) groups excluding carboxylic acids is 2. The van der Waals surface area contributed by atoms with Crippen molar-refractivity contribution in [2.45, 2.75) is 31.5 Å². The molecule has 0 spiro atoms. The first-order valence-corrected chi connectivity index (χ1v) is 12.2. The lowest BCUT2D eigenvalue weighted by atomic mass is 9.93. The predicted molar refractivity (Wildman–Crippen MR) is 122 cm³/mol. The lowest BCUT2D eigenvalue weighted by molar-refractivity contribution is -0.154. The standard InChI is InChI=1S/C24H24N2O3S2/c1-29-24(28)19-13-16-5-2-3-6-17(16)14-26(19)22(27)15-25-10-8-20-18(9-12-31-20)23(25)21-7-4-11-30-21/h2-7,9,11-12,19,23H,8,10,13-15H2,1H3. The smallest absolute Gasteiger partial charge is 0.328 e. The summed E-state index contributed by atoms with van der Waals surface area (Å²) >= 11 is 3.52. The molecular weight excluding hydrogens is 428 g/mol. The SMILES string of the molecule is COC(=O)C1Cc2ccccc2CN1C(=O)CN1CCc2sccc2C1c1cccs1. The molecule has 0 fully saturated rings. The number of amides is 1. The number of methoxy groups -OCH3 is 1. The molecular formula is C24H24N2O3S2. The van der Waals surface area contributed by atoms with Crippen molar-refractivity contribution in [2.24, 2.45) is 0 Å². The van der Waals surface area contributed by atoms with Crippen molar-refractivity contribution in [3.8, 4) is 0 Å². The molecule has 0 N–H and O–H groups in total. The number of nitrogens with zero attached hydrogens (tertiary/aromatic N) is 2. The highest BCUT2D eigenvalue weighted by Crippen LogP contribution is 2.39. The van der Waals surface area contributed by atoms with Crippen molar-refractivity contribution in [1.29, 1.82) is 0 Å². The Labute approximate surface area is 189 Å². The van der Waals surface area contributed by atoms with E-state index in [9.17, 15) is 9.59 Å². The van der Waals surface area contributed by atoms with E-state index >= 15 is 0 Å². The highest BCUT2D eigenvalue weighted by Gasteiger charge is 2.38. The van der Waals surface area contributed by atoms with Crippen LogP contribution in [0.15, 0.2) is 53.2 Å². The number of rotatable bonds is 4. The molecule has 2 aliphatic heterocycles. The molecule has 2 aliphatic rings. The van der Waals surface area contributed by atoms with E-state index in [-0.39, 0.29) is 24.5 Å². The van der Waals surface area contributed by atoms with E-state index in [2.05, 4.69) is 33.9 Å². The summed E-state index contributed by atoms with van der Waals surface area (Å²) in [6.07, 6.45) is 1.45. The molecule has 5 nitrogen and oxygen atoms in total. The summed E-state index contributed by atoms with van der Waals surface area (Å²) in [5.41, 5.74) is 3.52. The Kier molecular flexibility index (Phi) is 5.65. The van der Waals surface area contributed by atoms with Gasteiger partial charge in [-0.05, 0) is 46.0 Å². The summed E-state index contributed by atoms with van der Waals surface area (Å²) < 4.78 is 5.05. The molecule has 4 heterocycles. The third-order valence-corrected chi connectivity index (χ3v) is 8.18. The fourth-order valence-corrected chi connectivity index (χ4v) is 6.50. The van der Waals surface area contributed by atoms with Gasteiger partial charge in [0.2, 0.25) is 5.91 Å². The van der Waals surface area contributed by atoms with Crippen LogP contribution in [0.5, 0.6) is 0 Å². The number of esters is 1. The highest BCUT2D eigenvalue weighted by atomic mass is 32.1. The maximum absolute atomic E-state index is 13.6. The summed E-state index contributed by atoms with van der Waals surface area (Å²) in [6, 6.07) is 13.9. The Hall–Kier alpha value is -2.48. The number of ether oxygens (including phenoxy) is 1. The average Bonchev–Trinajstić information content (AvgIpc) is 3.49. The normalized spacial score (nSPS) is 20.7. The molecule has 2 aromatic heterocycles. The Morgan fingerprint density at radius 1 is 1.06 bits per heavy atom. The van der Waals surface area contributed by atoms with Gasteiger partial charge in [0, 0.05) is 29.3 Å². The largest absolute Gasteiger partial charge is 0.467 e. The van der Waals surface area contributed by atoms with Gasteiger partial charge in [0.25, 0.3) is 0 Å². The quantitative estimate of drug-likeness (QED) is 0.564. The van der Waals surface area contributed by atoms with Gasteiger partial charge in [0.15, 0.2) is 0 Å². The van der Waals surface area contributed by atoms with Crippen LogP contribution in [-0.2, 0) is 33.7 Å². The molecule has 2 unspecified atom stereocenters. The van der Waals surface area contributed by atoms with E-state index in [1.165, 1.54) is 22.4 Å². The zero-order valence-corrected chi connectivity index (χ0v) is 19.0. The number of thiophene rings is 2. The molecule has 0 saturated heterocycles. The van der Waals surface area contributed by atoms with Crippen molar-refractivity contribution in [3.63, 3.8) is 0 Å². The molecule has 160 valence electrons. The molecule has 0 radical (unpaired) electrons. The van der Waals surface area contributed by atoms with Gasteiger partial charge in [0.05, 0.1) is 19.7 Å². The summed E-state index contributed by atoms with van der Waals surface area (Å²) in [5, 5.41) is 4.23. The first kappa shape index (κ1) is 20.4. The molecule has 3 aromatic rings. The van der Waals surface area contributed by atoms with Gasteiger partial charge in [0.1, 0.15) is 6.04 Å². The summed E-state index contributed by atoms with van der Waals surface area (Å²) in [4.78, 5) is 32.7. The predicted octanol–water partition coefficient (Wildman–Crippen LogP) is 3.88. The number of carbonyl (C=O) groups is 2. The van der Waals surface area contributed by atoms with Gasteiger partial charge in [-0.2, -0.15) is 0 Å². The van der Waals surface area contributed by atoms with E-state index in [0.717, 1.165) is 24.1 Å². The molecule has 1 amide bonds. The average molecular weight is 453 g/mol. The van der Waals surface area contributed by atoms with Gasteiger partial charge in [-0.1, -0.05) is 30.3 Å². The van der Waals surface area contributed by atoms with Crippen LogP contribution in [-0.4, -0.2) is 47.9 Å². The number of hydrogen-bond donors (Lipinski definition) is 0. The first-order chi connectivity index (χ1) is 15.2. The maximum Gasteiger partial charge on any atom is 0.328 e. The molecule has 0 saturated carbocycles. The summed E-state index contributed by atoms with van der Waals surface area (Å²) in [5.74, 6) is -0.374. The molecule has 0 aliphatic carbocycles. The Bertz CT molecular complexity index is 1090. The minimum absolute atomic E-state index is 0.0230. The molecule has 7 heteroatoms. The van der Waals surface area contributed by atoms with Crippen LogP contribution in [0.2, 0.25) is 0 Å². The number of fused-ring (bicyclic) bond motifs is 2. The van der Waals surface area contributed by atoms with Gasteiger partial charge < -0.3 is 9.64 Å². The van der Waals surface area contributed by atoms with Crippen LogP contribution in [0.3, 0.4) is 0 Å². The van der Waals surface area contributed by atoms with Crippen molar-refractivity contribution < 1.29 is 14.3 Å². The summed E-state index contributed by atoms with van der Waals surface area (Å²) in [6.45, 7) is 1.55. The van der Waals surface area contributed by atoms with Gasteiger partial charge in [-0.15, -0.1) is 22.7 Å². The molecule has 1 aromatic carbocycles. The minimum Gasteiger partial charge on any atom is -0.467 e. The zero-order chi connectivity index (χ0) is 21.4. The van der Waals surface area contributed by atoms with Crippen LogP contribution in [0, 0.1) is 0 Å². The molecule has 31 heavy (non-hydrogen) atoms. The molecule has 2 atom stereocenters. The second kappa shape index (κ2) is 8.57. The van der Waals surface area contributed by atoms with Gasteiger partial charge in [-0.3, -0.25) is 9.69 Å². The Morgan fingerprint density at radius 2 is 1.90 bits per heavy atom. The van der Waals surface area contributed by atoms with Crippen LogP contribution in [0.1, 0.15) is 32.5 Å². The third-order valence-electron chi connectivity index (χ3n) is 6.26. The van der Waals surface area contributed by atoms with E-state index in [0.29, 0.717) is 13.0 Å². The van der Waals surface area contributed by atoms with Gasteiger partial charge in [-0.25, -0.2) is 4.79 Å². The van der Waals surface area contributed by atoms with Crippen LogP contribution in [0.4, 0.5) is 0 Å². The second-order valence-electron chi connectivity index (χ2n) is 7.97. The van der Waals surface area contributed by atoms with Crippen LogP contribution < -0.4 is 0 Å². The van der Waals surface area contributed by atoms with Crippen molar-refractivity contribution >= 4 is 34.6 Å². The first-order valence-electron chi connectivity index (χ1n) is 10.4. The zero-order valence-electron chi connectivity index (χ0n) is 17.3. The van der Waals surface area contributed by atoms with Crippen LogP contribution in [0.25, 0.3) is 0 Å². The van der Waals surface area contributed by atoms with E-state index in [1.807, 2.05) is 24.3 Å². The van der Waals surface area contributed by atoms with Crippen molar-refractivity contribution in [1.82, 2.24) is 9.80 Å². The highest BCUT2D eigenvalue weighted by molar-refractivity contribution is 7.10. The maximum atomic E-state index is 13.6. The number of benzene rings is 1. The van der Waals surface area contributed by atoms with Crippen LogP contribution >= 0.6 is 22.7 Å². The summed E-state index contributed by atoms with van der Waals surface area (Å²) in [7, 11) is 1.39. The lowest BCUT2D eigenvalue weighted by Crippen LogP contribution is -2.52. The topological polar surface area (TPSA) is 49.9 Å². The lowest BCUT2D eigenvalue weighted by Gasteiger charge is -2.39. The monoisotopic (exact) mass is 452 g/mol. The van der Waals surface area contributed by atoms with Crippen molar-refractivity contribution in [2.75, 3.05) is 20.2 Å². The van der Waals surface area contributed by atoms with E-state index < -0.39 is 6.04 Å². The van der Waals surface area contributed by atoms with E-state index in [4.69, 9.17) is 4.74 Å². The van der Waals surface area contributed by atoms with E-state index in [1.54, 1.807) is 27.6 Å². The second-order valence-corrected chi connectivity index (χ2v) is 9.95. The minimum atomic E-state index is -0.575. The third kappa shape index (κ3) is 3.82. The fraction of sp³-hybridized carbons (Fsp3) is 0.333. The Balaban J connectivity index is 1.42.